The number of aryl methyl sites for hydroxylation is 1. The third kappa shape index (κ3) is 4.26. The molecule has 0 saturated heterocycles. The molecule has 6 heteroatoms. The molecule has 1 heterocycles. The molecule has 0 aliphatic rings. The van der Waals surface area contributed by atoms with Crippen molar-refractivity contribution in [2.45, 2.75) is 27.2 Å². The number of hydrogen-bond donors (Lipinski definition) is 2. The van der Waals surface area contributed by atoms with E-state index in [0.29, 0.717) is 23.0 Å². The van der Waals surface area contributed by atoms with Crippen molar-refractivity contribution in [2.24, 2.45) is 5.92 Å². The molecule has 0 bridgehead atoms. The van der Waals surface area contributed by atoms with E-state index in [1.165, 1.54) is 11.3 Å². The number of nitrogens with one attached hydrogen (secondary N) is 2. The summed E-state index contributed by atoms with van der Waals surface area (Å²) in [5.74, 6) is 0.122. The van der Waals surface area contributed by atoms with Crippen LogP contribution in [0.3, 0.4) is 0 Å². The minimum absolute atomic E-state index is 0.000805. The van der Waals surface area contributed by atoms with Crippen molar-refractivity contribution < 1.29 is 9.59 Å². The van der Waals surface area contributed by atoms with Crippen molar-refractivity contribution in [3.05, 3.63) is 53.6 Å². The van der Waals surface area contributed by atoms with Gasteiger partial charge in [-0.05, 0) is 42.7 Å². The van der Waals surface area contributed by atoms with Crippen LogP contribution >= 0.6 is 11.3 Å². The van der Waals surface area contributed by atoms with Crippen molar-refractivity contribution in [3.63, 3.8) is 0 Å². The van der Waals surface area contributed by atoms with E-state index in [0.717, 1.165) is 21.5 Å². The second kappa shape index (κ2) is 7.66. The van der Waals surface area contributed by atoms with Gasteiger partial charge in [-0.15, -0.1) is 0 Å². The molecule has 0 spiro atoms. The monoisotopic (exact) mass is 367 g/mol. The van der Waals surface area contributed by atoms with Crippen LogP contribution in [-0.4, -0.2) is 16.8 Å². The van der Waals surface area contributed by atoms with Crippen molar-refractivity contribution in [3.8, 4) is 0 Å². The number of aromatic nitrogens is 1. The van der Waals surface area contributed by atoms with E-state index in [1.807, 2.05) is 51.1 Å². The van der Waals surface area contributed by atoms with Gasteiger partial charge < -0.3 is 5.32 Å². The highest BCUT2D eigenvalue weighted by Crippen LogP contribution is 2.31. The van der Waals surface area contributed by atoms with E-state index < -0.39 is 0 Å². The summed E-state index contributed by atoms with van der Waals surface area (Å²) in [7, 11) is 0. The molecule has 0 unspecified atom stereocenters. The van der Waals surface area contributed by atoms with E-state index in [2.05, 4.69) is 15.6 Å². The molecular weight excluding hydrogens is 346 g/mol. The largest absolute Gasteiger partial charge is 0.326 e. The fourth-order valence-corrected chi connectivity index (χ4v) is 3.64. The first-order valence-electron chi connectivity index (χ1n) is 8.50. The maximum atomic E-state index is 12.3. The van der Waals surface area contributed by atoms with Gasteiger partial charge in [-0.25, -0.2) is 4.98 Å². The van der Waals surface area contributed by atoms with E-state index >= 15 is 0 Å². The van der Waals surface area contributed by atoms with Gasteiger partial charge in [0.05, 0.1) is 10.2 Å². The van der Waals surface area contributed by atoms with Gasteiger partial charge in [0.15, 0.2) is 5.13 Å². The molecule has 3 rings (SSSR count). The van der Waals surface area contributed by atoms with Gasteiger partial charge in [-0.2, -0.15) is 0 Å². The van der Waals surface area contributed by atoms with Gasteiger partial charge in [0.1, 0.15) is 0 Å². The Morgan fingerprint density at radius 1 is 1.12 bits per heavy atom. The predicted molar refractivity (Wildman–Crippen MR) is 107 cm³/mol. The van der Waals surface area contributed by atoms with E-state index in [4.69, 9.17) is 0 Å². The number of anilines is 2. The zero-order valence-corrected chi connectivity index (χ0v) is 15.8. The van der Waals surface area contributed by atoms with Gasteiger partial charge >= 0.3 is 0 Å². The summed E-state index contributed by atoms with van der Waals surface area (Å²) in [4.78, 5) is 28.8. The fraction of sp³-hybridized carbons (Fsp3) is 0.250. The molecule has 0 fully saturated rings. The van der Waals surface area contributed by atoms with Crippen LogP contribution in [0.1, 0.15) is 36.2 Å². The van der Waals surface area contributed by atoms with Gasteiger partial charge in [0.2, 0.25) is 5.91 Å². The highest BCUT2D eigenvalue weighted by atomic mass is 32.1. The standard InChI is InChI=1S/C20H21N3O2S/c1-12(2)9-17(24)21-15-10-13(3)18-16(11-15)26-20(22-18)23-19(25)14-7-5-4-6-8-14/h4-8,10-12H,9H2,1-3H3,(H,21,24)(H,22,23,25). The first kappa shape index (κ1) is 18.1. The molecule has 2 amide bonds. The van der Waals surface area contributed by atoms with E-state index in [1.54, 1.807) is 12.1 Å². The lowest BCUT2D eigenvalue weighted by atomic mass is 10.1. The Morgan fingerprint density at radius 3 is 2.54 bits per heavy atom. The molecule has 5 nitrogen and oxygen atoms in total. The number of benzene rings is 2. The van der Waals surface area contributed by atoms with Gasteiger partial charge in [-0.3, -0.25) is 14.9 Å². The highest BCUT2D eigenvalue weighted by Gasteiger charge is 2.13. The van der Waals surface area contributed by atoms with Crippen LogP contribution in [-0.2, 0) is 4.79 Å². The molecule has 0 aliphatic heterocycles. The topological polar surface area (TPSA) is 71.1 Å². The molecular formula is C20H21N3O2S. The maximum absolute atomic E-state index is 12.3. The minimum atomic E-state index is -0.187. The summed E-state index contributed by atoms with van der Waals surface area (Å²) in [5, 5.41) is 6.32. The first-order valence-corrected chi connectivity index (χ1v) is 9.31. The van der Waals surface area contributed by atoms with Crippen molar-refractivity contribution >= 4 is 44.2 Å². The number of nitrogens with zero attached hydrogens (tertiary/aromatic N) is 1. The molecule has 0 radical (unpaired) electrons. The number of carbonyl (C=O) groups is 2. The number of carbonyl (C=O) groups excluding carboxylic acids is 2. The fourth-order valence-electron chi connectivity index (χ4n) is 2.66. The first-order chi connectivity index (χ1) is 12.4. The van der Waals surface area contributed by atoms with Crippen LogP contribution in [0.25, 0.3) is 10.2 Å². The van der Waals surface area contributed by atoms with E-state index in [-0.39, 0.29) is 11.8 Å². The summed E-state index contributed by atoms with van der Waals surface area (Å²) in [6, 6.07) is 12.8. The molecule has 26 heavy (non-hydrogen) atoms. The molecule has 2 aromatic carbocycles. The second-order valence-electron chi connectivity index (χ2n) is 6.63. The minimum Gasteiger partial charge on any atom is -0.326 e. The maximum Gasteiger partial charge on any atom is 0.257 e. The summed E-state index contributed by atoms with van der Waals surface area (Å²) < 4.78 is 0.924. The molecule has 1 aromatic heterocycles. The van der Waals surface area contributed by atoms with Crippen molar-refractivity contribution in [1.82, 2.24) is 4.98 Å². The summed E-state index contributed by atoms with van der Waals surface area (Å²) in [6.07, 6.45) is 0.484. The van der Waals surface area contributed by atoms with Crippen LogP contribution in [0.15, 0.2) is 42.5 Å². The lowest BCUT2D eigenvalue weighted by molar-refractivity contribution is -0.116. The molecule has 2 N–H and O–H groups in total. The summed E-state index contributed by atoms with van der Waals surface area (Å²) in [5.41, 5.74) is 3.13. The van der Waals surface area contributed by atoms with Gasteiger partial charge in [-0.1, -0.05) is 43.4 Å². The van der Waals surface area contributed by atoms with Crippen LogP contribution in [0.5, 0.6) is 0 Å². The number of thiazole rings is 1. The summed E-state index contributed by atoms with van der Waals surface area (Å²) >= 11 is 1.40. The third-order valence-electron chi connectivity index (χ3n) is 3.82. The SMILES string of the molecule is Cc1cc(NC(=O)CC(C)C)cc2sc(NC(=O)c3ccccc3)nc12. The van der Waals surface area contributed by atoms with E-state index in [9.17, 15) is 9.59 Å². The lowest BCUT2D eigenvalue weighted by Gasteiger charge is -2.08. The molecule has 0 atom stereocenters. The summed E-state index contributed by atoms with van der Waals surface area (Å²) in [6.45, 7) is 5.97. The van der Waals surface area contributed by atoms with Crippen LogP contribution in [0.4, 0.5) is 10.8 Å². The quantitative estimate of drug-likeness (QED) is 0.678. The number of hydrogen-bond acceptors (Lipinski definition) is 4. The normalized spacial score (nSPS) is 10.9. The zero-order valence-electron chi connectivity index (χ0n) is 15.0. The number of amides is 2. The number of rotatable bonds is 5. The lowest BCUT2D eigenvalue weighted by Crippen LogP contribution is -2.13. The highest BCUT2D eigenvalue weighted by molar-refractivity contribution is 7.22. The smallest absolute Gasteiger partial charge is 0.257 e. The second-order valence-corrected chi connectivity index (χ2v) is 7.66. The average molecular weight is 367 g/mol. The Hall–Kier alpha value is -2.73. The molecule has 3 aromatic rings. The average Bonchev–Trinajstić information content (AvgIpc) is 2.97. The molecule has 0 saturated carbocycles. The Labute approximate surface area is 156 Å². The van der Waals surface area contributed by atoms with Crippen LogP contribution < -0.4 is 10.6 Å². The van der Waals surface area contributed by atoms with Gasteiger partial charge in [0.25, 0.3) is 5.91 Å². The third-order valence-corrected chi connectivity index (χ3v) is 4.74. The van der Waals surface area contributed by atoms with Gasteiger partial charge in [0, 0.05) is 17.7 Å². The number of fused-ring (bicyclic) bond motifs is 1. The van der Waals surface area contributed by atoms with Crippen molar-refractivity contribution in [1.29, 1.82) is 0 Å². The Bertz CT molecular complexity index is 948. The Kier molecular flexibility index (Phi) is 5.32. The Morgan fingerprint density at radius 2 is 1.85 bits per heavy atom. The van der Waals surface area contributed by atoms with Crippen LogP contribution in [0, 0.1) is 12.8 Å². The van der Waals surface area contributed by atoms with Crippen molar-refractivity contribution in [2.75, 3.05) is 10.6 Å². The zero-order chi connectivity index (χ0) is 18.7. The van der Waals surface area contributed by atoms with Crippen LogP contribution in [0.2, 0.25) is 0 Å². The Balaban J connectivity index is 1.81. The molecule has 134 valence electrons. The predicted octanol–water partition coefficient (Wildman–Crippen LogP) is 4.84. The molecule has 0 aliphatic carbocycles.